The van der Waals surface area contributed by atoms with Gasteiger partial charge in [0.05, 0.1) is 22.6 Å². The zero-order valence-electron chi connectivity index (χ0n) is 14.9. The standard InChI is InChI=1S/C19H17ClN2O6/c1-27-18-7-3-11(8-14(18)20)17(23)10-28-19(24)12-2-6-15(21-13-4-5-13)16(9-12)22(25)26/h2-3,6-9,13,21H,4-5,10H2,1H3. The number of halogens is 1. The molecule has 1 aliphatic carbocycles. The van der Waals surface area contributed by atoms with Gasteiger partial charge < -0.3 is 14.8 Å². The van der Waals surface area contributed by atoms with Gasteiger partial charge in [0.25, 0.3) is 5.69 Å². The van der Waals surface area contributed by atoms with Crippen molar-refractivity contribution >= 4 is 34.7 Å². The second kappa shape index (κ2) is 8.26. The second-order valence-electron chi connectivity index (χ2n) is 6.26. The van der Waals surface area contributed by atoms with E-state index in [1.54, 1.807) is 0 Å². The number of methoxy groups -OCH3 is 1. The first kappa shape index (κ1) is 19.6. The zero-order valence-corrected chi connectivity index (χ0v) is 15.7. The molecule has 2 aromatic rings. The summed E-state index contributed by atoms with van der Waals surface area (Å²) in [6.45, 7) is -0.517. The molecule has 2 aromatic carbocycles. The molecule has 0 bridgehead atoms. The summed E-state index contributed by atoms with van der Waals surface area (Å²) in [5, 5.41) is 14.6. The Kier molecular flexibility index (Phi) is 5.79. The number of benzene rings is 2. The van der Waals surface area contributed by atoms with Gasteiger partial charge >= 0.3 is 5.97 Å². The van der Waals surface area contributed by atoms with Gasteiger partial charge in [-0.25, -0.2) is 4.79 Å². The molecule has 146 valence electrons. The molecule has 0 heterocycles. The van der Waals surface area contributed by atoms with Crippen LogP contribution in [0.4, 0.5) is 11.4 Å². The fourth-order valence-corrected chi connectivity index (χ4v) is 2.77. The minimum absolute atomic E-state index is 0.00592. The SMILES string of the molecule is COc1ccc(C(=O)COC(=O)c2ccc(NC3CC3)c([N+](=O)[O-])c2)cc1Cl. The summed E-state index contributed by atoms with van der Waals surface area (Å²) in [4.78, 5) is 35.1. The Morgan fingerprint density at radius 1 is 1.21 bits per heavy atom. The molecule has 0 aromatic heterocycles. The number of anilines is 1. The average molecular weight is 405 g/mol. The van der Waals surface area contributed by atoms with Crippen LogP contribution in [0.2, 0.25) is 5.02 Å². The number of nitro groups is 1. The predicted octanol–water partition coefficient (Wildman–Crippen LogP) is 3.87. The van der Waals surface area contributed by atoms with E-state index < -0.39 is 23.3 Å². The van der Waals surface area contributed by atoms with E-state index in [-0.39, 0.29) is 27.9 Å². The van der Waals surface area contributed by atoms with Crippen molar-refractivity contribution < 1.29 is 24.0 Å². The lowest BCUT2D eigenvalue weighted by Crippen LogP contribution is -2.15. The predicted molar refractivity (Wildman–Crippen MR) is 102 cm³/mol. The second-order valence-corrected chi connectivity index (χ2v) is 6.66. The first-order valence-corrected chi connectivity index (χ1v) is 8.85. The van der Waals surface area contributed by atoms with E-state index in [0.29, 0.717) is 11.4 Å². The highest BCUT2D eigenvalue weighted by molar-refractivity contribution is 6.32. The highest BCUT2D eigenvalue weighted by Crippen LogP contribution is 2.31. The van der Waals surface area contributed by atoms with Crippen LogP contribution < -0.4 is 10.1 Å². The maximum absolute atomic E-state index is 12.2. The lowest BCUT2D eigenvalue weighted by molar-refractivity contribution is -0.384. The van der Waals surface area contributed by atoms with Gasteiger partial charge in [-0.15, -0.1) is 0 Å². The number of hydrogen-bond acceptors (Lipinski definition) is 7. The van der Waals surface area contributed by atoms with Crippen molar-refractivity contribution in [1.29, 1.82) is 0 Å². The Hall–Kier alpha value is -3.13. The lowest BCUT2D eigenvalue weighted by atomic mass is 10.1. The molecule has 0 atom stereocenters. The van der Waals surface area contributed by atoms with Gasteiger partial charge in [-0.05, 0) is 43.2 Å². The minimum Gasteiger partial charge on any atom is -0.495 e. The number of hydrogen-bond donors (Lipinski definition) is 1. The summed E-state index contributed by atoms with van der Waals surface area (Å²) in [5.74, 6) is -0.865. The van der Waals surface area contributed by atoms with Crippen LogP contribution in [-0.2, 0) is 4.74 Å². The van der Waals surface area contributed by atoms with Crippen LogP contribution in [0.1, 0.15) is 33.6 Å². The normalized spacial score (nSPS) is 12.9. The Balaban J connectivity index is 1.67. The molecule has 28 heavy (non-hydrogen) atoms. The number of rotatable bonds is 8. The summed E-state index contributed by atoms with van der Waals surface area (Å²) in [6.07, 6.45) is 1.91. The van der Waals surface area contributed by atoms with E-state index in [9.17, 15) is 19.7 Å². The van der Waals surface area contributed by atoms with Crippen LogP contribution in [-0.4, -0.2) is 36.4 Å². The third-order valence-electron chi connectivity index (χ3n) is 4.18. The largest absolute Gasteiger partial charge is 0.495 e. The highest BCUT2D eigenvalue weighted by Gasteiger charge is 2.26. The van der Waals surface area contributed by atoms with Crippen molar-refractivity contribution in [3.8, 4) is 5.75 Å². The molecule has 0 amide bonds. The Bertz CT molecular complexity index is 942. The van der Waals surface area contributed by atoms with Gasteiger partial charge in [-0.3, -0.25) is 14.9 Å². The molecule has 0 spiro atoms. The number of ketones is 1. The molecule has 1 fully saturated rings. The maximum atomic E-state index is 12.2. The number of nitrogens with zero attached hydrogens (tertiary/aromatic N) is 1. The summed E-state index contributed by atoms with van der Waals surface area (Å²) in [5.41, 5.74) is 0.393. The molecule has 0 radical (unpaired) electrons. The van der Waals surface area contributed by atoms with Crippen molar-refractivity contribution in [2.45, 2.75) is 18.9 Å². The Labute approximate surface area is 165 Å². The van der Waals surface area contributed by atoms with Crippen molar-refractivity contribution in [2.24, 2.45) is 0 Å². The fourth-order valence-electron chi connectivity index (χ4n) is 2.52. The summed E-state index contributed by atoms with van der Waals surface area (Å²) < 4.78 is 10.0. The molecule has 1 saturated carbocycles. The van der Waals surface area contributed by atoms with Crippen molar-refractivity contribution in [3.63, 3.8) is 0 Å². The molecule has 1 N–H and O–H groups in total. The van der Waals surface area contributed by atoms with Gasteiger partial charge in [0.15, 0.2) is 12.4 Å². The smallest absolute Gasteiger partial charge is 0.338 e. The van der Waals surface area contributed by atoms with Crippen LogP contribution >= 0.6 is 11.6 Å². The van der Waals surface area contributed by atoms with E-state index in [4.69, 9.17) is 21.1 Å². The van der Waals surface area contributed by atoms with Gasteiger partial charge in [0.2, 0.25) is 0 Å². The number of nitrogens with one attached hydrogen (secondary N) is 1. The quantitative estimate of drug-likeness (QED) is 0.308. The van der Waals surface area contributed by atoms with Crippen LogP contribution in [0, 0.1) is 10.1 Å². The Morgan fingerprint density at radius 3 is 2.54 bits per heavy atom. The molecule has 0 saturated heterocycles. The lowest BCUT2D eigenvalue weighted by Gasteiger charge is -2.09. The van der Waals surface area contributed by atoms with E-state index >= 15 is 0 Å². The molecule has 0 unspecified atom stereocenters. The number of carbonyl (C=O) groups is 2. The molecule has 0 aliphatic heterocycles. The number of Topliss-reactive ketones (excluding diaryl/α,β-unsaturated/α-hetero) is 1. The van der Waals surface area contributed by atoms with Crippen LogP contribution in [0.3, 0.4) is 0 Å². The number of esters is 1. The Morgan fingerprint density at radius 2 is 1.93 bits per heavy atom. The van der Waals surface area contributed by atoms with Gasteiger partial charge in [0, 0.05) is 17.7 Å². The summed E-state index contributed by atoms with van der Waals surface area (Å²) >= 11 is 5.98. The molecule has 9 heteroatoms. The third-order valence-corrected chi connectivity index (χ3v) is 4.47. The van der Waals surface area contributed by atoms with E-state index in [1.165, 1.54) is 37.4 Å². The van der Waals surface area contributed by atoms with Crippen LogP contribution in [0.25, 0.3) is 0 Å². The number of carbonyl (C=O) groups excluding carboxylic acids is 2. The van der Waals surface area contributed by atoms with Gasteiger partial charge in [-0.2, -0.15) is 0 Å². The molecular weight excluding hydrogens is 388 g/mol. The summed E-state index contributed by atoms with van der Waals surface area (Å²) in [7, 11) is 1.45. The number of nitro benzene ring substituents is 1. The fraction of sp³-hybridized carbons (Fsp3) is 0.263. The molecule has 3 rings (SSSR count). The zero-order chi connectivity index (χ0) is 20.3. The van der Waals surface area contributed by atoms with Crippen molar-refractivity contribution in [3.05, 3.63) is 62.7 Å². The minimum atomic E-state index is -0.825. The molecule has 1 aliphatic rings. The van der Waals surface area contributed by atoms with E-state index in [0.717, 1.165) is 18.9 Å². The average Bonchev–Trinajstić information content (AvgIpc) is 3.49. The number of ether oxygens (including phenoxy) is 2. The van der Waals surface area contributed by atoms with Crippen molar-refractivity contribution in [2.75, 3.05) is 19.0 Å². The topological polar surface area (TPSA) is 108 Å². The monoisotopic (exact) mass is 404 g/mol. The molecular formula is C19H17ClN2O6. The van der Waals surface area contributed by atoms with Crippen LogP contribution in [0.5, 0.6) is 5.75 Å². The van der Waals surface area contributed by atoms with Crippen LogP contribution in [0.15, 0.2) is 36.4 Å². The third kappa shape index (κ3) is 4.58. The van der Waals surface area contributed by atoms with Gasteiger partial charge in [-0.1, -0.05) is 11.6 Å². The first-order valence-electron chi connectivity index (χ1n) is 8.48. The summed E-state index contributed by atoms with van der Waals surface area (Å²) in [6, 6.07) is 8.72. The van der Waals surface area contributed by atoms with Gasteiger partial charge in [0.1, 0.15) is 11.4 Å². The van der Waals surface area contributed by atoms with Crippen molar-refractivity contribution in [1.82, 2.24) is 0 Å². The first-order chi connectivity index (χ1) is 13.4. The highest BCUT2D eigenvalue weighted by atomic mass is 35.5. The van der Waals surface area contributed by atoms with E-state index in [1.807, 2.05) is 0 Å². The molecule has 8 nitrogen and oxygen atoms in total. The van der Waals surface area contributed by atoms with E-state index in [2.05, 4.69) is 5.32 Å². The maximum Gasteiger partial charge on any atom is 0.338 e.